The fourth-order valence-electron chi connectivity index (χ4n) is 4.59. The zero-order valence-corrected chi connectivity index (χ0v) is 30.7. The van der Waals surface area contributed by atoms with Gasteiger partial charge in [-0.1, -0.05) is 138 Å². The SMILES string of the molecule is CC/C=C/C=C/C=C/C=C/CCCCCCCC(=O)OC[C@H](COP(=O)(O)O)OC(=O)CCCC/C=C/C/C=C/CCCCCCCC. The molecule has 0 aromatic rings. The van der Waals surface area contributed by atoms with E-state index in [1.54, 1.807) is 0 Å². The highest BCUT2D eigenvalue weighted by molar-refractivity contribution is 7.46. The van der Waals surface area contributed by atoms with Gasteiger partial charge in [0.25, 0.3) is 0 Å². The van der Waals surface area contributed by atoms with Crippen LogP contribution in [0, 0.1) is 0 Å². The van der Waals surface area contributed by atoms with Gasteiger partial charge in [-0.25, -0.2) is 4.57 Å². The lowest BCUT2D eigenvalue weighted by Crippen LogP contribution is -2.29. The highest BCUT2D eigenvalue weighted by Crippen LogP contribution is 2.35. The van der Waals surface area contributed by atoms with E-state index in [-0.39, 0.29) is 19.4 Å². The van der Waals surface area contributed by atoms with Gasteiger partial charge in [-0.15, -0.1) is 0 Å². The third kappa shape index (κ3) is 36.3. The Morgan fingerprint density at radius 2 is 1.08 bits per heavy atom. The summed E-state index contributed by atoms with van der Waals surface area (Å²) in [5.41, 5.74) is 0. The monoisotopic (exact) mass is 692 g/mol. The summed E-state index contributed by atoms with van der Waals surface area (Å²) >= 11 is 0. The van der Waals surface area contributed by atoms with Crippen LogP contribution in [0.1, 0.15) is 142 Å². The largest absolute Gasteiger partial charge is 0.469 e. The van der Waals surface area contributed by atoms with Gasteiger partial charge < -0.3 is 19.3 Å². The Morgan fingerprint density at radius 3 is 1.71 bits per heavy atom. The molecule has 0 heterocycles. The number of rotatable bonds is 32. The Hall–Kier alpha value is -2.51. The van der Waals surface area contributed by atoms with Crippen LogP contribution < -0.4 is 0 Å². The van der Waals surface area contributed by atoms with Gasteiger partial charge in [0.15, 0.2) is 6.10 Å². The van der Waals surface area contributed by atoms with Gasteiger partial charge in [0, 0.05) is 12.8 Å². The Morgan fingerprint density at radius 1 is 0.583 bits per heavy atom. The average Bonchev–Trinajstić information content (AvgIpc) is 3.05. The fraction of sp³-hybridized carbons (Fsp3) is 0.641. The van der Waals surface area contributed by atoms with Crippen molar-refractivity contribution in [3.63, 3.8) is 0 Å². The third-order valence-corrected chi connectivity index (χ3v) is 7.79. The number of ether oxygens (including phenoxy) is 2. The first-order valence-corrected chi connectivity index (χ1v) is 19.8. The van der Waals surface area contributed by atoms with Crippen LogP contribution >= 0.6 is 7.82 Å². The lowest BCUT2D eigenvalue weighted by Gasteiger charge is -2.18. The molecule has 9 heteroatoms. The number of carbonyl (C=O) groups is 2. The lowest BCUT2D eigenvalue weighted by molar-refractivity contribution is -0.161. The molecule has 0 fully saturated rings. The molecule has 0 amide bonds. The van der Waals surface area contributed by atoms with E-state index < -0.39 is 32.5 Å². The molecule has 0 aromatic carbocycles. The second-order valence-electron chi connectivity index (χ2n) is 11.9. The molecule has 8 nitrogen and oxygen atoms in total. The zero-order chi connectivity index (χ0) is 35.4. The van der Waals surface area contributed by atoms with Gasteiger partial charge in [0.1, 0.15) is 6.61 Å². The quantitative estimate of drug-likeness (QED) is 0.0235. The first kappa shape index (κ1) is 45.5. The number of carbonyl (C=O) groups excluding carboxylic acids is 2. The van der Waals surface area contributed by atoms with E-state index in [4.69, 9.17) is 19.3 Å². The third-order valence-electron chi connectivity index (χ3n) is 7.30. The van der Waals surface area contributed by atoms with Crippen LogP contribution in [0.3, 0.4) is 0 Å². The topological polar surface area (TPSA) is 119 Å². The minimum absolute atomic E-state index is 0.160. The Labute approximate surface area is 291 Å². The number of hydrogen-bond donors (Lipinski definition) is 2. The molecule has 1 atom stereocenters. The summed E-state index contributed by atoms with van der Waals surface area (Å²) in [6.07, 6.45) is 43.4. The average molecular weight is 693 g/mol. The number of allylic oxidation sites excluding steroid dienone is 12. The summed E-state index contributed by atoms with van der Waals surface area (Å²) < 4.78 is 26.2. The van der Waals surface area contributed by atoms with E-state index >= 15 is 0 Å². The molecule has 48 heavy (non-hydrogen) atoms. The maximum atomic E-state index is 12.3. The van der Waals surface area contributed by atoms with Crippen LogP contribution in [0.4, 0.5) is 0 Å². The maximum absolute atomic E-state index is 12.3. The molecule has 0 rings (SSSR count). The smallest absolute Gasteiger partial charge is 0.462 e. The van der Waals surface area contributed by atoms with Gasteiger partial charge in [-0.3, -0.25) is 14.1 Å². The summed E-state index contributed by atoms with van der Waals surface area (Å²) in [6.45, 7) is 3.46. The number of unbranched alkanes of at least 4 members (excludes halogenated alkanes) is 13. The van der Waals surface area contributed by atoms with Gasteiger partial charge >= 0.3 is 19.8 Å². The molecular formula is C39H65O8P. The second kappa shape index (κ2) is 34.4. The van der Waals surface area contributed by atoms with Crippen molar-refractivity contribution in [1.82, 2.24) is 0 Å². The summed E-state index contributed by atoms with van der Waals surface area (Å²) in [5.74, 6) is -0.959. The van der Waals surface area contributed by atoms with Crippen molar-refractivity contribution < 1.29 is 37.9 Å². The van der Waals surface area contributed by atoms with E-state index in [1.807, 2.05) is 30.4 Å². The highest BCUT2D eigenvalue weighted by Gasteiger charge is 2.22. The Balaban J connectivity index is 4.10. The summed E-state index contributed by atoms with van der Waals surface area (Å²) in [6, 6.07) is 0. The van der Waals surface area contributed by atoms with E-state index in [2.05, 4.69) is 60.9 Å². The van der Waals surface area contributed by atoms with Crippen LogP contribution in [0.2, 0.25) is 0 Å². The predicted octanol–water partition coefficient (Wildman–Crippen LogP) is 10.7. The van der Waals surface area contributed by atoms with E-state index in [0.717, 1.165) is 64.2 Å². The molecule has 0 aliphatic carbocycles. The highest BCUT2D eigenvalue weighted by atomic mass is 31.2. The molecule has 0 spiro atoms. The van der Waals surface area contributed by atoms with Crippen molar-refractivity contribution in [2.45, 2.75) is 148 Å². The normalized spacial score (nSPS) is 13.3. The second-order valence-corrected chi connectivity index (χ2v) is 13.1. The van der Waals surface area contributed by atoms with Crippen LogP contribution in [0.5, 0.6) is 0 Å². The molecule has 0 bridgehead atoms. The minimum atomic E-state index is -4.77. The van der Waals surface area contributed by atoms with E-state index in [1.165, 1.54) is 38.5 Å². The first-order valence-electron chi connectivity index (χ1n) is 18.3. The lowest BCUT2D eigenvalue weighted by atomic mass is 10.1. The number of phosphoric acid groups is 1. The summed E-state index contributed by atoms with van der Waals surface area (Å²) in [4.78, 5) is 42.6. The van der Waals surface area contributed by atoms with Crippen LogP contribution in [-0.2, 0) is 28.2 Å². The van der Waals surface area contributed by atoms with Crippen molar-refractivity contribution in [3.8, 4) is 0 Å². The molecule has 0 aliphatic rings. The predicted molar refractivity (Wildman–Crippen MR) is 197 cm³/mol. The molecule has 0 saturated heterocycles. The standard InChI is InChI=1S/C39H65O8P/c1-3-5-7-9-11-13-15-17-19-21-23-25-27-29-31-33-38(40)45-35-37(36-46-48(42,43)44)47-39(41)34-32-30-28-26-24-22-20-18-16-14-12-10-8-6-4-2/h5,7,9,11,13,15,17-20,24,26,37H,3-4,6,8,10,12,14,16,21-23,25,27-36H2,1-2H3,(H2,42,43,44)/b7-5+,11-9+,15-13+,19-17+,20-18+,26-24+/t37-/m1/s1. The molecule has 0 aliphatic heterocycles. The Bertz CT molecular complexity index is 1010. The molecular weight excluding hydrogens is 627 g/mol. The van der Waals surface area contributed by atoms with E-state index in [0.29, 0.717) is 12.8 Å². The summed E-state index contributed by atoms with van der Waals surface area (Å²) in [5, 5.41) is 0. The minimum Gasteiger partial charge on any atom is -0.462 e. The molecule has 274 valence electrons. The molecule has 0 radical (unpaired) electrons. The van der Waals surface area contributed by atoms with Gasteiger partial charge in [-0.05, 0) is 64.2 Å². The van der Waals surface area contributed by atoms with Crippen LogP contribution in [-0.4, -0.2) is 41.0 Å². The van der Waals surface area contributed by atoms with Crippen molar-refractivity contribution in [2.24, 2.45) is 0 Å². The van der Waals surface area contributed by atoms with Crippen LogP contribution in [0.25, 0.3) is 0 Å². The van der Waals surface area contributed by atoms with Gasteiger partial charge in [0.2, 0.25) is 0 Å². The molecule has 2 N–H and O–H groups in total. The molecule has 0 unspecified atom stereocenters. The summed E-state index contributed by atoms with van der Waals surface area (Å²) in [7, 11) is -4.77. The van der Waals surface area contributed by atoms with Crippen molar-refractivity contribution in [2.75, 3.05) is 13.2 Å². The fourth-order valence-corrected chi connectivity index (χ4v) is 4.95. The van der Waals surface area contributed by atoms with Crippen molar-refractivity contribution in [3.05, 3.63) is 72.9 Å². The van der Waals surface area contributed by atoms with Gasteiger partial charge in [0.05, 0.1) is 6.61 Å². The van der Waals surface area contributed by atoms with Crippen molar-refractivity contribution in [1.29, 1.82) is 0 Å². The zero-order valence-electron chi connectivity index (χ0n) is 29.9. The van der Waals surface area contributed by atoms with Crippen LogP contribution in [0.15, 0.2) is 72.9 Å². The maximum Gasteiger partial charge on any atom is 0.469 e. The van der Waals surface area contributed by atoms with Gasteiger partial charge in [-0.2, -0.15) is 0 Å². The number of hydrogen-bond acceptors (Lipinski definition) is 6. The Kier molecular flexibility index (Phi) is 32.6. The molecule has 0 saturated carbocycles. The van der Waals surface area contributed by atoms with E-state index in [9.17, 15) is 14.2 Å². The molecule has 0 aromatic heterocycles. The first-order chi connectivity index (χ1) is 23.3. The number of esters is 2. The van der Waals surface area contributed by atoms with Crippen molar-refractivity contribution >= 4 is 19.8 Å². The number of phosphoric ester groups is 1.